The van der Waals surface area contributed by atoms with Gasteiger partial charge in [-0.15, -0.1) is 0 Å². The van der Waals surface area contributed by atoms with E-state index in [-0.39, 0.29) is 5.91 Å². The van der Waals surface area contributed by atoms with Gasteiger partial charge in [-0.25, -0.2) is 4.98 Å². The minimum atomic E-state index is 0.0868. The summed E-state index contributed by atoms with van der Waals surface area (Å²) in [5.41, 5.74) is 3.25. The molecule has 1 N–H and O–H groups in total. The van der Waals surface area contributed by atoms with Crippen molar-refractivity contribution in [3.05, 3.63) is 90.3 Å². The molecule has 1 amide bonds. The predicted octanol–water partition coefficient (Wildman–Crippen LogP) is 5.20. The van der Waals surface area contributed by atoms with E-state index in [0.29, 0.717) is 32.7 Å². The molecule has 6 heteroatoms. The molecule has 35 heavy (non-hydrogen) atoms. The lowest BCUT2D eigenvalue weighted by Crippen LogP contribution is -2.25. The number of para-hydroxylation sites is 4. The first kappa shape index (κ1) is 24.3. The Labute approximate surface area is 206 Å². The number of benzene rings is 3. The summed E-state index contributed by atoms with van der Waals surface area (Å²) in [6.45, 7) is 4.38. The number of fused-ring (bicyclic) bond motifs is 1. The Morgan fingerprint density at radius 3 is 2.40 bits per heavy atom. The fourth-order valence-corrected chi connectivity index (χ4v) is 4.12. The van der Waals surface area contributed by atoms with E-state index in [9.17, 15) is 4.79 Å². The zero-order valence-corrected chi connectivity index (χ0v) is 20.3. The summed E-state index contributed by atoms with van der Waals surface area (Å²) in [4.78, 5) is 17.1. The number of nitrogens with one attached hydrogen (secondary N) is 1. The number of hydrogen-bond donors (Lipinski definition) is 1. The van der Waals surface area contributed by atoms with Crippen LogP contribution in [0, 0.1) is 0 Å². The van der Waals surface area contributed by atoms with Gasteiger partial charge in [0, 0.05) is 19.4 Å². The molecule has 6 nitrogen and oxygen atoms in total. The Morgan fingerprint density at radius 1 is 0.886 bits per heavy atom. The SMILES string of the molecule is CCOc1ccccc1OCCn1c(CCCNC(=O)CCc2ccccc2)nc2ccccc21. The summed E-state index contributed by atoms with van der Waals surface area (Å²) in [7, 11) is 0. The number of carbonyl (C=O) groups excluding carboxylic acids is 1. The van der Waals surface area contributed by atoms with Crippen LogP contribution in [0.3, 0.4) is 0 Å². The highest BCUT2D eigenvalue weighted by molar-refractivity contribution is 5.76. The maximum Gasteiger partial charge on any atom is 0.220 e. The molecule has 0 bridgehead atoms. The molecule has 0 radical (unpaired) electrons. The van der Waals surface area contributed by atoms with Gasteiger partial charge in [0.15, 0.2) is 11.5 Å². The number of aryl methyl sites for hydroxylation is 2. The van der Waals surface area contributed by atoms with Crippen LogP contribution in [0.2, 0.25) is 0 Å². The average molecular weight is 472 g/mol. The van der Waals surface area contributed by atoms with Gasteiger partial charge in [-0.2, -0.15) is 0 Å². The third-order valence-electron chi connectivity index (χ3n) is 5.84. The number of carbonyl (C=O) groups is 1. The van der Waals surface area contributed by atoms with Crippen LogP contribution in [0.1, 0.15) is 31.2 Å². The zero-order valence-electron chi connectivity index (χ0n) is 20.3. The number of nitrogens with zero attached hydrogens (tertiary/aromatic N) is 2. The van der Waals surface area contributed by atoms with Crippen LogP contribution in [0.4, 0.5) is 0 Å². The van der Waals surface area contributed by atoms with E-state index in [2.05, 4.69) is 28.1 Å². The highest BCUT2D eigenvalue weighted by Gasteiger charge is 2.11. The molecule has 0 saturated carbocycles. The van der Waals surface area contributed by atoms with Crippen LogP contribution < -0.4 is 14.8 Å². The molecule has 4 rings (SSSR count). The van der Waals surface area contributed by atoms with Crippen molar-refractivity contribution < 1.29 is 14.3 Å². The second-order valence-corrected chi connectivity index (χ2v) is 8.34. The average Bonchev–Trinajstić information content (AvgIpc) is 3.24. The first-order valence-corrected chi connectivity index (χ1v) is 12.3. The van der Waals surface area contributed by atoms with Crippen LogP contribution in [-0.2, 0) is 24.2 Å². The number of imidazole rings is 1. The van der Waals surface area contributed by atoms with Crippen molar-refractivity contribution in [1.82, 2.24) is 14.9 Å². The van der Waals surface area contributed by atoms with Crippen molar-refractivity contribution >= 4 is 16.9 Å². The predicted molar refractivity (Wildman–Crippen MR) is 139 cm³/mol. The van der Waals surface area contributed by atoms with Crippen LogP contribution in [-0.4, -0.2) is 35.2 Å². The minimum Gasteiger partial charge on any atom is -0.490 e. The van der Waals surface area contributed by atoms with Gasteiger partial charge in [-0.1, -0.05) is 54.6 Å². The molecule has 0 spiro atoms. The number of ether oxygens (including phenoxy) is 2. The number of aromatic nitrogens is 2. The minimum absolute atomic E-state index is 0.0868. The van der Waals surface area contributed by atoms with Crippen LogP contribution in [0.15, 0.2) is 78.9 Å². The Bertz CT molecular complexity index is 1220. The maximum absolute atomic E-state index is 12.2. The van der Waals surface area contributed by atoms with Crippen LogP contribution in [0.5, 0.6) is 11.5 Å². The topological polar surface area (TPSA) is 65.4 Å². The van der Waals surface area contributed by atoms with Crippen molar-refractivity contribution in [3.8, 4) is 11.5 Å². The van der Waals surface area contributed by atoms with Crippen molar-refractivity contribution in [1.29, 1.82) is 0 Å². The van der Waals surface area contributed by atoms with Crippen LogP contribution >= 0.6 is 0 Å². The Kier molecular flexibility index (Phi) is 8.76. The molecule has 0 fully saturated rings. The Morgan fingerprint density at radius 2 is 1.60 bits per heavy atom. The van der Waals surface area contributed by atoms with Gasteiger partial charge in [0.25, 0.3) is 0 Å². The first-order valence-electron chi connectivity index (χ1n) is 12.3. The second kappa shape index (κ2) is 12.6. The molecule has 1 heterocycles. The molecule has 0 saturated heterocycles. The van der Waals surface area contributed by atoms with E-state index in [0.717, 1.165) is 47.6 Å². The standard InChI is InChI=1S/C29H33N3O3/c1-2-34-26-15-8-9-16-27(26)35-22-21-32-25-14-7-6-13-24(25)31-28(32)17-10-20-30-29(33)19-18-23-11-4-3-5-12-23/h3-9,11-16H,2,10,17-22H2,1H3,(H,30,33). The fraction of sp³-hybridized carbons (Fsp3) is 0.310. The second-order valence-electron chi connectivity index (χ2n) is 8.34. The lowest BCUT2D eigenvalue weighted by atomic mass is 10.1. The van der Waals surface area contributed by atoms with Crippen molar-refractivity contribution in [3.63, 3.8) is 0 Å². The molecule has 1 aromatic heterocycles. The third kappa shape index (κ3) is 6.85. The van der Waals surface area contributed by atoms with Gasteiger partial charge >= 0.3 is 0 Å². The quantitative estimate of drug-likeness (QED) is 0.272. The zero-order chi connectivity index (χ0) is 24.3. The summed E-state index contributed by atoms with van der Waals surface area (Å²) >= 11 is 0. The van der Waals surface area contributed by atoms with Crippen molar-refractivity contribution in [2.24, 2.45) is 0 Å². The molecule has 4 aromatic rings. The van der Waals surface area contributed by atoms with E-state index >= 15 is 0 Å². The molecule has 0 atom stereocenters. The molecule has 0 aliphatic rings. The fourth-order valence-electron chi connectivity index (χ4n) is 4.12. The Balaban J connectivity index is 1.30. The van der Waals surface area contributed by atoms with Gasteiger partial charge in [0.1, 0.15) is 12.4 Å². The number of hydrogen-bond acceptors (Lipinski definition) is 4. The molecule has 3 aromatic carbocycles. The van der Waals surface area contributed by atoms with E-state index < -0.39 is 0 Å². The normalized spacial score (nSPS) is 10.9. The summed E-state index contributed by atoms with van der Waals surface area (Å²) < 4.78 is 13.9. The van der Waals surface area contributed by atoms with E-state index in [1.807, 2.05) is 67.6 Å². The lowest BCUT2D eigenvalue weighted by Gasteiger charge is -2.13. The molecule has 0 aliphatic heterocycles. The van der Waals surface area contributed by atoms with Gasteiger partial charge in [0.05, 0.1) is 24.2 Å². The molecule has 0 unspecified atom stereocenters. The third-order valence-corrected chi connectivity index (χ3v) is 5.84. The van der Waals surface area contributed by atoms with E-state index in [1.54, 1.807) is 0 Å². The summed E-state index contributed by atoms with van der Waals surface area (Å²) in [5.74, 6) is 2.60. The number of amides is 1. The first-order chi connectivity index (χ1) is 17.2. The van der Waals surface area contributed by atoms with Gasteiger partial charge in [-0.3, -0.25) is 4.79 Å². The molecular formula is C29H33N3O3. The highest BCUT2D eigenvalue weighted by Crippen LogP contribution is 2.26. The molecular weight excluding hydrogens is 438 g/mol. The smallest absolute Gasteiger partial charge is 0.220 e. The molecule has 182 valence electrons. The highest BCUT2D eigenvalue weighted by atomic mass is 16.5. The van der Waals surface area contributed by atoms with Gasteiger partial charge in [0.2, 0.25) is 5.91 Å². The van der Waals surface area contributed by atoms with Crippen LogP contribution in [0.25, 0.3) is 11.0 Å². The summed E-state index contributed by atoms with van der Waals surface area (Å²) in [6.07, 6.45) is 2.87. The van der Waals surface area contributed by atoms with Gasteiger partial charge in [-0.05, 0) is 49.6 Å². The number of rotatable bonds is 13. The molecule has 0 aliphatic carbocycles. The maximum atomic E-state index is 12.2. The van der Waals surface area contributed by atoms with Gasteiger partial charge < -0.3 is 19.4 Å². The van der Waals surface area contributed by atoms with E-state index in [1.165, 1.54) is 5.56 Å². The van der Waals surface area contributed by atoms with Crippen molar-refractivity contribution in [2.75, 3.05) is 19.8 Å². The lowest BCUT2D eigenvalue weighted by molar-refractivity contribution is -0.121. The summed E-state index contributed by atoms with van der Waals surface area (Å²) in [5, 5.41) is 3.04. The van der Waals surface area contributed by atoms with Crippen molar-refractivity contribution in [2.45, 2.75) is 39.2 Å². The van der Waals surface area contributed by atoms with E-state index in [4.69, 9.17) is 14.5 Å². The Hall–Kier alpha value is -3.80. The largest absolute Gasteiger partial charge is 0.490 e. The monoisotopic (exact) mass is 471 g/mol. The summed E-state index contributed by atoms with van der Waals surface area (Å²) in [6, 6.07) is 26.0.